The number of nitrogens with zero attached hydrogens (tertiary/aromatic N) is 1. The van der Waals surface area contributed by atoms with E-state index in [0.717, 1.165) is 0 Å². The monoisotopic (exact) mass is 225 g/mol. The summed E-state index contributed by atoms with van der Waals surface area (Å²) in [7, 11) is 0. The van der Waals surface area contributed by atoms with E-state index in [1.807, 2.05) is 0 Å². The lowest BCUT2D eigenvalue weighted by Gasteiger charge is -2.10. The van der Waals surface area contributed by atoms with Crippen LogP contribution in [0, 0.1) is 5.82 Å². The molecule has 1 N–H and O–H groups in total. The summed E-state index contributed by atoms with van der Waals surface area (Å²) in [6, 6.07) is 6.20. The first-order valence-electron chi connectivity index (χ1n) is 5.03. The predicted molar refractivity (Wildman–Crippen MR) is 54.3 cm³/mol. The molecule has 1 atom stereocenters. The fourth-order valence-corrected chi connectivity index (χ4v) is 1.71. The van der Waals surface area contributed by atoms with Crippen LogP contribution in [-0.4, -0.2) is 35.8 Å². The fraction of sp³-hybridized carbons (Fsp3) is 0.364. The third-order valence-corrected chi connectivity index (χ3v) is 2.51. The van der Waals surface area contributed by atoms with Gasteiger partial charge in [0.2, 0.25) is 0 Å². The van der Waals surface area contributed by atoms with Crippen LogP contribution in [0.4, 0.5) is 9.18 Å². The molecular formula is C11H12FNO3. The van der Waals surface area contributed by atoms with Crippen LogP contribution in [0.2, 0.25) is 0 Å². The van der Waals surface area contributed by atoms with Gasteiger partial charge in [-0.15, -0.1) is 0 Å². The molecule has 0 spiro atoms. The molecular weight excluding hydrogens is 213 g/mol. The van der Waals surface area contributed by atoms with Crippen molar-refractivity contribution in [2.75, 3.05) is 19.7 Å². The summed E-state index contributed by atoms with van der Waals surface area (Å²) >= 11 is 0. The first kappa shape index (κ1) is 10.9. The van der Waals surface area contributed by atoms with Gasteiger partial charge in [0.15, 0.2) is 0 Å². The Balaban J connectivity index is 2.14. The van der Waals surface area contributed by atoms with Crippen LogP contribution in [0.1, 0.15) is 11.7 Å². The average molecular weight is 225 g/mol. The van der Waals surface area contributed by atoms with Crippen molar-refractivity contribution in [3.63, 3.8) is 0 Å². The summed E-state index contributed by atoms with van der Waals surface area (Å²) in [5, 5.41) is 8.73. The minimum absolute atomic E-state index is 0.126. The number of benzene rings is 1. The van der Waals surface area contributed by atoms with Crippen molar-refractivity contribution in [1.29, 1.82) is 0 Å². The second kappa shape index (κ2) is 4.49. The smallest absolute Gasteiger partial charge is 0.410 e. The number of cyclic esters (lactones) is 1. The van der Waals surface area contributed by atoms with E-state index < -0.39 is 12.2 Å². The quantitative estimate of drug-likeness (QED) is 0.843. The molecule has 5 heteroatoms. The zero-order valence-electron chi connectivity index (χ0n) is 8.60. The molecule has 1 amide bonds. The van der Waals surface area contributed by atoms with E-state index in [-0.39, 0.29) is 25.5 Å². The first-order valence-corrected chi connectivity index (χ1v) is 5.03. The molecule has 0 bridgehead atoms. The van der Waals surface area contributed by atoms with Crippen LogP contribution >= 0.6 is 0 Å². The van der Waals surface area contributed by atoms with Crippen LogP contribution < -0.4 is 0 Å². The maximum Gasteiger partial charge on any atom is 0.410 e. The van der Waals surface area contributed by atoms with E-state index in [1.165, 1.54) is 11.0 Å². The molecule has 1 aromatic carbocycles. The Labute approximate surface area is 92.2 Å². The van der Waals surface area contributed by atoms with Gasteiger partial charge in [0, 0.05) is 12.1 Å². The van der Waals surface area contributed by atoms with E-state index in [4.69, 9.17) is 9.84 Å². The predicted octanol–water partition coefficient (Wildman–Crippen LogP) is 1.31. The Kier molecular flexibility index (Phi) is 3.05. The number of ether oxygens (including phenoxy) is 1. The highest BCUT2D eigenvalue weighted by molar-refractivity contribution is 5.70. The largest absolute Gasteiger partial charge is 0.439 e. The molecule has 1 aliphatic rings. The number of carbonyl (C=O) groups is 1. The summed E-state index contributed by atoms with van der Waals surface area (Å²) in [6.07, 6.45) is -1.09. The molecule has 1 heterocycles. The molecule has 2 rings (SSSR count). The number of amides is 1. The van der Waals surface area contributed by atoms with Gasteiger partial charge in [-0.1, -0.05) is 18.2 Å². The highest BCUT2D eigenvalue weighted by Crippen LogP contribution is 2.27. The van der Waals surface area contributed by atoms with Crippen molar-refractivity contribution in [2.24, 2.45) is 0 Å². The van der Waals surface area contributed by atoms with Crippen molar-refractivity contribution in [2.45, 2.75) is 6.10 Å². The van der Waals surface area contributed by atoms with Crippen LogP contribution in [0.3, 0.4) is 0 Å². The van der Waals surface area contributed by atoms with E-state index in [1.54, 1.807) is 18.2 Å². The Bertz CT molecular complexity index is 397. The van der Waals surface area contributed by atoms with Gasteiger partial charge in [-0.05, 0) is 6.07 Å². The second-order valence-electron chi connectivity index (χ2n) is 3.56. The lowest BCUT2D eigenvalue weighted by atomic mass is 10.1. The molecule has 0 aromatic heterocycles. The number of aliphatic hydroxyl groups excluding tert-OH is 1. The highest BCUT2D eigenvalue weighted by Gasteiger charge is 2.33. The minimum Gasteiger partial charge on any atom is -0.439 e. The zero-order valence-corrected chi connectivity index (χ0v) is 8.60. The first-order chi connectivity index (χ1) is 7.72. The fourth-order valence-electron chi connectivity index (χ4n) is 1.71. The third-order valence-electron chi connectivity index (χ3n) is 2.51. The van der Waals surface area contributed by atoms with Crippen molar-refractivity contribution < 1.29 is 19.0 Å². The minimum atomic E-state index is -0.583. The molecule has 4 nitrogen and oxygen atoms in total. The Morgan fingerprint density at radius 3 is 2.94 bits per heavy atom. The topological polar surface area (TPSA) is 49.8 Å². The third kappa shape index (κ3) is 1.99. The molecule has 86 valence electrons. The molecule has 1 saturated heterocycles. The summed E-state index contributed by atoms with van der Waals surface area (Å²) in [6.45, 7) is 0.364. The van der Waals surface area contributed by atoms with Gasteiger partial charge in [-0.2, -0.15) is 0 Å². The molecule has 0 radical (unpaired) electrons. The molecule has 1 unspecified atom stereocenters. The van der Waals surface area contributed by atoms with Gasteiger partial charge in [0.1, 0.15) is 11.9 Å². The van der Waals surface area contributed by atoms with Gasteiger partial charge in [-0.3, -0.25) is 0 Å². The van der Waals surface area contributed by atoms with E-state index in [0.29, 0.717) is 5.56 Å². The summed E-state index contributed by atoms with van der Waals surface area (Å²) in [5.74, 6) is -0.383. The molecule has 16 heavy (non-hydrogen) atoms. The number of hydrogen-bond acceptors (Lipinski definition) is 3. The number of halogens is 1. The lowest BCUT2D eigenvalue weighted by Crippen LogP contribution is -2.27. The van der Waals surface area contributed by atoms with Crippen molar-refractivity contribution in [1.82, 2.24) is 4.90 Å². The number of aliphatic hydroxyl groups is 1. The Morgan fingerprint density at radius 2 is 2.25 bits per heavy atom. The second-order valence-corrected chi connectivity index (χ2v) is 3.56. The summed E-state index contributed by atoms with van der Waals surface area (Å²) in [5.41, 5.74) is 0.372. The molecule has 1 aromatic rings. The maximum atomic E-state index is 13.4. The molecule has 0 aliphatic carbocycles. The van der Waals surface area contributed by atoms with Crippen molar-refractivity contribution in [3.8, 4) is 0 Å². The highest BCUT2D eigenvalue weighted by atomic mass is 19.1. The summed E-state index contributed by atoms with van der Waals surface area (Å²) in [4.78, 5) is 12.7. The van der Waals surface area contributed by atoms with Crippen LogP contribution in [-0.2, 0) is 4.74 Å². The van der Waals surface area contributed by atoms with Gasteiger partial charge in [0.25, 0.3) is 0 Å². The van der Waals surface area contributed by atoms with Gasteiger partial charge < -0.3 is 14.7 Å². The molecule has 1 fully saturated rings. The molecule has 0 saturated carbocycles. The Morgan fingerprint density at radius 1 is 1.50 bits per heavy atom. The van der Waals surface area contributed by atoms with Gasteiger partial charge >= 0.3 is 6.09 Å². The van der Waals surface area contributed by atoms with E-state index >= 15 is 0 Å². The standard InChI is InChI=1S/C11H12FNO3/c12-9-4-2-1-3-8(9)10-7-13(5-6-14)11(15)16-10/h1-4,10,14H,5-7H2. The van der Waals surface area contributed by atoms with E-state index in [2.05, 4.69) is 0 Å². The Hall–Kier alpha value is -1.62. The number of hydrogen-bond donors (Lipinski definition) is 1. The SMILES string of the molecule is O=C1OC(c2ccccc2F)CN1CCO. The van der Waals surface area contributed by atoms with Gasteiger partial charge in [0.05, 0.1) is 13.2 Å². The number of β-amino-alcohol motifs (C(OH)–C–C–N with tert-alkyl or cyclic N) is 1. The lowest BCUT2D eigenvalue weighted by molar-refractivity contribution is 0.128. The molecule has 1 aliphatic heterocycles. The van der Waals surface area contributed by atoms with Crippen molar-refractivity contribution in [3.05, 3.63) is 35.6 Å². The zero-order chi connectivity index (χ0) is 11.5. The average Bonchev–Trinajstić information content (AvgIpc) is 2.61. The maximum absolute atomic E-state index is 13.4. The van der Waals surface area contributed by atoms with Crippen molar-refractivity contribution >= 4 is 6.09 Å². The summed E-state index contributed by atoms with van der Waals surface area (Å²) < 4.78 is 18.5. The van der Waals surface area contributed by atoms with Crippen LogP contribution in [0.15, 0.2) is 24.3 Å². The van der Waals surface area contributed by atoms with E-state index in [9.17, 15) is 9.18 Å². The number of rotatable bonds is 3. The van der Waals surface area contributed by atoms with Gasteiger partial charge in [-0.25, -0.2) is 9.18 Å². The number of carbonyl (C=O) groups excluding carboxylic acids is 1. The van der Waals surface area contributed by atoms with Crippen LogP contribution in [0.25, 0.3) is 0 Å². The van der Waals surface area contributed by atoms with Crippen LogP contribution in [0.5, 0.6) is 0 Å². The normalized spacial score (nSPS) is 20.0.